The summed E-state index contributed by atoms with van der Waals surface area (Å²) in [5, 5.41) is 6.76. The summed E-state index contributed by atoms with van der Waals surface area (Å²) in [5.41, 5.74) is 7.06. The lowest BCUT2D eigenvalue weighted by atomic mass is 10.1. The predicted octanol–water partition coefficient (Wildman–Crippen LogP) is 2.58. The zero-order valence-electron chi connectivity index (χ0n) is 13.9. The number of carbonyl (C=O) groups excluding carboxylic acids is 1. The molecule has 0 radical (unpaired) electrons. The monoisotopic (exact) mass is 352 g/mol. The molecule has 0 saturated carbocycles. The van der Waals surface area contributed by atoms with E-state index < -0.39 is 0 Å². The van der Waals surface area contributed by atoms with E-state index in [4.69, 9.17) is 10.3 Å². The van der Waals surface area contributed by atoms with E-state index in [2.05, 4.69) is 22.4 Å². The van der Waals surface area contributed by atoms with Crippen molar-refractivity contribution >= 4 is 18.3 Å². The van der Waals surface area contributed by atoms with Gasteiger partial charge in [-0.25, -0.2) is 0 Å². The number of aryl methyl sites for hydroxylation is 2. The summed E-state index contributed by atoms with van der Waals surface area (Å²) in [7, 11) is 0. The van der Waals surface area contributed by atoms with Crippen LogP contribution in [0.25, 0.3) is 0 Å². The lowest BCUT2D eigenvalue weighted by molar-refractivity contribution is -0.121. The molecule has 0 aliphatic carbocycles. The van der Waals surface area contributed by atoms with Gasteiger partial charge in [-0.05, 0) is 18.4 Å². The fraction of sp³-hybridized carbons (Fsp3) is 0.471. The highest BCUT2D eigenvalue weighted by molar-refractivity contribution is 5.85. The van der Waals surface area contributed by atoms with Crippen LogP contribution >= 0.6 is 12.4 Å². The van der Waals surface area contributed by atoms with E-state index >= 15 is 0 Å². The van der Waals surface area contributed by atoms with Gasteiger partial charge in [-0.2, -0.15) is 4.98 Å². The zero-order valence-corrected chi connectivity index (χ0v) is 14.7. The maximum atomic E-state index is 11.8. The van der Waals surface area contributed by atoms with Gasteiger partial charge in [0.15, 0.2) is 5.82 Å². The molecule has 132 valence electrons. The highest BCUT2D eigenvalue weighted by Crippen LogP contribution is 2.08. The molecule has 0 aliphatic rings. The standard InChI is InChI=1S/C17H24N4O2.ClH/c1-2-7-15-20-17(23-21-15)11-6-10-16(22)19-12-14(18)13-8-4-3-5-9-13;/h3-5,8-9,14H,2,6-7,10-12,18H2,1H3,(H,19,22);1H. The Bertz CT molecular complexity index is 604. The van der Waals surface area contributed by atoms with Crippen LogP contribution in [0.2, 0.25) is 0 Å². The summed E-state index contributed by atoms with van der Waals surface area (Å²) in [6.07, 6.45) is 3.53. The lowest BCUT2D eigenvalue weighted by Gasteiger charge is -2.12. The molecule has 1 unspecified atom stereocenters. The average molecular weight is 353 g/mol. The number of aromatic nitrogens is 2. The van der Waals surface area contributed by atoms with Gasteiger partial charge >= 0.3 is 0 Å². The fourth-order valence-corrected chi connectivity index (χ4v) is 2.25. The summed E-state index contributed by atoms with van der Waals surface area (Å²) in [5.74, 6) is 1.33. The molecule has 2 rings (SSSR count). The van der Waals surface area contributed by atoms with Crippen LogP contribution < -0.4 is 11.1 Å². The van der Waals surface area contributed by atoms with Crippen molar-refractivity contribution in [2.24, 2.45) is 5.73 Å². The second kappa shape index (κ2) is 10.8. The molecule has 1 amide bonds. The van der Waals surface area contributed by atoms with Crippen LogP contribution in [0.5, 0.6) is 0 Å². The molecule has 2 aromatic rings. The van der Waals surface area contributed by atoms with E-state index in [1.165, 1.54) is 0 Å². The first-order chi connectivity index (χ1) is 11.2. The first kappa shape index (κ1) is 20.1. The van der Waals surface area contributed by atoms with Crippen molar-refractivity contribution in [3.05, 3.63) is 47.6 Å². The van der Waals surface area contributed by atoms with Gasteiger partial charge < -0.3 is 15.6 Å². The summed E-state index contributed by atoms with van der Waals surface area (Å²) >= 11 is 0. The number of amides is 1. The van der Waals surface area contributed by atoms with E-state index in [0.29, 0.717) is 31.7 Å². The summed E-state index contributed by atoms with van der Waals surface area (Å²) in [6, 6.07) is 9.55. The molecule has 3 N–H and O–H groups in total. The van der Waals surface area contributed by atoms with Crippen molar-refractivity contribution in [1.29, 1.82) is 0 Å². The van der Waals surface area contributed by atoms with E-state index in [1.807, 2.05) is 30.3 Å². The minimum absolute atomic E-state index is 0. The molecule has 0 aliphatic heterocycles. The minimum atomic E-state index is -0.187. The highest BCUT2D eigenvalue weighted by atomic mass is 35.5. The van der Waals surface area contributed by atoms with Crippen molar-refractivity contribution in [3.63, 3.8) is 0 Å². The third-order valence-electron chi connectivity index (χ3n) is 3.53. The molecule has 0 fully saturated rings. The lowest BCUT2D eigenvalue weighted by Crippen LogP contribution is -2.31. The van der Waals surface area contributed by atoms with Crippen molar-refractivity contribution in [2.75, 3.05) is 6.54 Å². The maximum absolute atomic E-state index is 11.8. The van der Waals surface area contributed by atoms with Crippen LogP contribution in [0, 0.1) is 0 Å². The van der Waals surface area contributed by atoms with E-state index in [1.54, 1.807) is 0 Å². The minimum Gasteiger partial charge on any atom is -0.354 e. The molecule has 0 bridgehead atoms. The Labute approximate surface area is 148 Å². The van der Waals surface area contributed by atoms with Crippen LogP contribution in [0.1, 0.15) is 49.5 Å². The summed E-state index contributed by atoms with van der Waals surface area (Å²) < 4.78 is 5.14. The van der Waals surface area contributed by atoms with E-state index in [0.717, 1.165) is 24.2 Å². The molecule has 0 saturated heterocycles. The maximum Gasteiger partial charge on any atom is 0.226 e. The number of nitrogens with one attached hydrogen (secondary N) is 1. The fourth-order valence-electron chi connectivity index (χ4n) is 2.25. The van der Waals surface area contributed by atoms with Gasteiger partial charge in [0.05, 0.1) is 0 Å². The number of hydrogen-bond acceptors (Lipinski definition) is 5. The molecular weight excluding hydrogens is 328 g/mol. The molecule has 1 aromatic carbocycles. The van der Waals surface area contributed by atoms with E-state index in [-0.39, 0.29) is 24.4 Å². The number of halogens is 1. The molecule has 1 heterocycles. The topological polar surface area (TPSA) is 94.0 Å². The van der Waals surface area contributed by atoms with Crippen LogP contribution in [-0.2, 0) is 17.6 Å². The second-order valence-electron chi connectivity index (χ2n) is 5.53. The van der Waals surface area contributed by atoms with Crippen molar-refractivity contribution in [3.8, 4) is 0 Å². The molecule has 0 spiro atoms. The second-order valence-corrected chi connectivity index (χ2v) is 5.53. The number of nitrogens with two attached hydrogens (primary N) is 1. The Morgan fingerprint density at radius 2 is 2.04 bits per heavy atom. The van der Waals surface area contributed by atoms with Crippen LogP contribution in [0.4, 0.5) is 0 Å². The Balaban J connectivity index is 0.00000288. The first-order valence-electron chi connectivity index (χ1n) is 8.07. The first-order valence-corrected chi connectivity index (χ1v) is 8.07. The Morgan fingerprint density at radius 1 is 1.29 bits per heavy atom. The number of rotatable bonds is 9. The molecule has 1 atom stereocenters. The quantitative estimate of drug-likeness (QED) is 0.723. The van der Waals surface area contributed by atoms with Gasteiger partial charge in [-0.1, -0.05) is 42.4 Å². The Hall–Kier alpha value is -1.92. The molecule has 24 heavy (non-hydrogen) atoms. The van der Waals surface area contributed by atoms with Gasteiger partial charge in [-0.3, -0.25) is 4.79 Å². The van der Waals surface area contributed by atoms with Crippen molar-refractivity contribution in [1.82, 2.24) is 15.5 Å². The van der Waals surface area contributed by atoms with Crippen molar-refractivity contribution < 1.29 is 9.32 Å². The number of benzene rings is 1. The zero-order chi connectivity index (χ0) is 16.5. The molecule has 7 heteroatoms. The van der Waals surface area contributed by atoms with Crippen molar-refractivity contribution in [2.45, 2.75) is 45.1 Å². The highest BCUT2D eigenvalue weighted by Gasteiger charge is 2.09. The van der Waals surface area contributed by atoms with Crippen LogP contribution in [0.3, 0.4) is 0 Å². The molecular formula is C17H25ClN4O2. The Kier molecular flexibility index (Phi) is 9.04. The van der Waals surface area contributed by atoms with Gasteiger partial charge in [0.2, 0.25) is 11.8 Å². The predicted molar refractivity (Wildman–Crippen MR) is 94.9 cm³/mol. The SMILES string of the molecule is CCCc1noc(CCCC(=O)NCC(N)c2ccccc2)n1.Cl. The van der Waals surface area contributed by atoms with E-state index in [9.17, 15) is 4.79 Å². The van der Waals surface area contributed by atoms with Gasteiger partial charge in [0.25, 0.3) is 0 Å². The largest absolute Gasteiger partial charge is 0.354 e. The van der Waals surface area contributed by atoms with Gasteiger partial charge in [-0.15, -0.1) is 12.4 Å². The normalized spacial score (nSPS) is 11.6. The smallest absolute Gasteiger partial charge is 0.226 e. The third-order valence-corrected chi connectivity index (χ3v) is 3.53. The summed E-state index contributed by atoms with van der Waals surface area (Å²) in [6.45, 7) is 2.50. The Morgan fingerprint density at radius 3 is 2.75 bits per heavy atom. The van der Waals surface area contributed by atoms with Crippen LogP contribution in [0.15, 0.2) is 34.9 Å². The molecule has 6 nitrogen and oxygen atoms in total. The van der Waals surface area contributed by atoms with Gasteiger partial charge in [0, 0.05) is 31.8 Å². The number of hydrogen-bond donors (Lipinski definition) is 2. The number of carbonyl (C=O) groups is 1. The van der Waals surface area contributed by atoms with Crippen LogP contribution in [-0.4, -0.2) is 22.6 Å². The molecule has 1 aromatic heterocycles. The third kappa shape index (κ3) is 6.68. The average Bonchev–Trinajstić information content (AvgIpc) is 3.01. The summed E-state index contributed by atoms with van der Waals surface area (Å²) in [4.78, 5) is 16.1. The van der Waals surface area contributed by atoms with Gasteiger partial charge in [0.1, 0.15) is 0 Å². The number of nitrogens with zero attached hydrogens (tertiary/aromatic N) is 2.